The second kappa shape index (κ2) is 9.01. The van der Waals surface area contributed by atoms with Gasteiger partial charge in [-0.15, -0.1) is 11.8 Å². The van der Waals surface area contributed by atoms with Gasteiger partial charge in [-0.05, 0) is 68.0 Å². The van der Waals surface area contributed by atoms with E-state index in [0.717, 1.165) is 56.5 Å². The third-order valence-corrected chi connectivity index (χ3v) is 6.48. The Labute approximate surface area is 170 Å². The van der Waals surface area contributed by atoms with Gasteiger partial charge in [0.25, 0.3) is 0 Å². The van der Waals surface area contributed by atoms with Gasteiger partial charge < -0.3 is 9.88 Å². The van der Waals surface area contributed by atoms with E-state index < -0.39 is 0 Å². The molecule has 0 saturated carbocycles. The molecule has 4 rings (SSSR count). The summed E-state index contributed by atoms with van der Waals surface area (Å²) in [5.74, 6) is -0.158. The summed E-state index contributed by atoms with van der Waals surface area (Å²) in [6.07, 6.45) is 7.51. The number of aromatic amines is 1. The molecule has 3 nitrogen and oxygen atoms in total. The zero-order chi connectivity index (χ0) is 19.3. The lowest BCUT2D eigenvalue weighted by Crippen LogP contribution is -2.46. The average molecular weight is 398 g/mol. The van der Waals surface area contributed by atoms with Crippen LogP contribution in [0.1, 0.15) is 18.4 Å². The summed E-state index contributed by atoms with van der Waals surface area (Å²) in [4.78, 5) is 9.71. The maximum absolute atomic E-state index is 13.5. The molecule has 0 amide bonds. The van der Waals surface area contributed by atoms with Crippen molar-refractivity contribution in [3.8, 4) is 0 Å². The van der Waals surface area contributed by atoms with E-state index in [1.165, 1.54) is 28.6 Å². The van der Waals surface area contributed by atoms with Gasteiger partial charge in [-0.2, -0.15) is 0 Å². The lowest BCUT2D eigenvalue weighted by molar-refractivity contribution is 0.253. The Morgan fingerprint density at radius 3 is 2.68 bits per heavy atom. The van der Waals surface area contributed by atoms with Crippen LogP contribution in [0.15, 0.2) is 53.6 Å². The maximum Gasteiger partial charge on any atom is 0.123 e. The monoisotopic (exact) mass is 397 g/mol. The second-order valence-electron chi connectivity index (χ2n) is 7.46. The van der Waals surface area contributed by atoms with E-state index in [1.807, 2.05) is 24.0 Å². The number of hydrogen-bond acceptors (Lipinski definition) is 3. The SMILES string of the molecule is CSc1ccccc1N1CCN(CCCCc2c[nH]c3ccc(F)cc23)CC1. The number of para-hydroxylation sites is 1. The van der Waals surface area contributed by atoms with Crippen LogP contribution in [0.3, 0.4) is 0 Å². The second-order valence-corrected chi connectivity index (χ2v) is 8.31. The highest BCUT2D eigenvalue weighted by molar-refractivity contribution is 7.98. The third kappa shape index (κ3) is 4.36. The first-order valence-electron chi connectivity index (χ1n) is 10.1. The third-order valence-electron chi connectivity index (χ3n) is 5.70. The Kier molecular flexibility index (Phi) is 6.23. The van der Waals surface area contributed by atoms with E-state index >= 15 is 0 Å². The van der Waals surface area contributed by atoms with Crippen LogP contribution >= 0.6 is 11.8 Å². The van der Waals surface area contributed by atoms with Crippen LogP contribution in [0.25, 0.3) is 10.9 Å². The minimum Gasteiger partial charge on any atom is -0.368 e. The highest BCUT2D eigenvalue weighted by atomic mass is 32.2. The number of fused-ring (bicyclic) bond motifs is 1. The summed E-state index contributed by atoms with van der Waals surface area (Å²) in [6, 6.07) is 13.7. The van der Waals surface area contributed by atoms with E-state index in [4.69, 9.17) is 0 Å². The molecule has 0 atom stereocenters. The molecule has 0 radical (unpaired) electrons. The predicted octanol–water partition coefficient (Wildman–Crippen LogP) is 5.17. The number of benzene rings is 2. The smallest absolute Gasteiger partial charge is 0.123 e. The van der Waals surface area contributed by atoms with Gasteiger partial charge in [0.2, 0.25) is 0 Å². The normalized spacial score (nSPS) is 15.4. The molecule has 2 aromatic carbocycles. The molecule has 0 bridgehead atoms. The van der Waals surface area contributed by atoms with Crippen molar-refractivity contribution >= 4 is 28.4 Å². The largest absolute Gasteiger partial charge is 0.368 e. The molecule has 28 heavy (non-hydrogen) atoms. The Morgan fingerprint density at radius 2 is 1.86 bits per heavy atom. The molecule has 0 spiro atoms. The van der Waals surface area contributed by atoms with Crippen molar-refractivity contribution in [2.24, 2.45) is 0 Å². The van der Waals surface area contributed by atoms with Gasteiger partial charge in [-0.3, -0.25) is 4.90 Å². The van der Waals surface area contributed by atoms with Crippen LogP contribution < -0.4 is 4.90 Å². The van der Waals surface area contributed by atoms with Gasteiger partial charge in [0.1, 0.15) is 5.82 Å². The summed E-state index contributed by atoms with van der Waals surface area (Å²) < 4.78 is 13.5. The molecular weight excluding hydrogens is 369 g/mol. The van der Waals surface area contributed by atoms with Crippen molar-refractivity contribution < 1.29 is 4.39 Å². The zero-order valence-electron chi connectivity index (χ0n) is 16.5. The Balaban J connectivity index is 1.23. The average Bonchev–Trinajstić information content (AvgIpc) is 3.13. The summed E-state index contributed by atoms with van der Waals surface area (Å²) in [6.45, 7) is 5.59. The first-order chi connectivity index (χ1) is 13.7. The summed E-state index contributed by atoms with van der Waals surface area (Å²) in [7, 11) is 0. The number of anilines is 1. The first kappa shape index (κ1) is 19.3. The number of piperazine rings is 1. The van der Waals surface area contributed by atoms with Gasteiger partial charge in [-0.1, -0.05) is 12.1 Å². The van der Waals surface area contributed by atoms with Crippen molar-refractivity contribution in [1.82, 2.24) is 9.88 Å². The zero-order valence-corrected chi connectivity index (χ0v) is 17.3. The van der Waals surface area contributed by atoms with Crippen molar-refractivity contribution in [1.29, 1.82) is 0 Å². The summed E-state index contributed by atoms with van der Waals surface area (Å²) >= 11 is 1.83. The number of nitrogens with zero attached hydrogens (tertiary/aromatic N) is 2. The van der Waals surface area contributed by atoms with Crippen LogP contribution in [0.2, 0.25) is 0 Å². The van der Waals surface area contributed by atoms with Crippen molar-refractivity contribution in [2.75, 3.05) is 43.9 Å². The standard InChI is InChI=1S/C23H28FN3S/c1-28-23-8-3-2-7-22(23)27-14-12-26(13-15-27)11-5-4-6-18-17-25-21-10-9-19(24)16-20(18)21/h2-3,7-10,16-17,25H,4-6,11-15H2,1H3. The fraction of sp³-hybridized carbons (Fsp3) is 0.391. The van der Waals surface area contributed by atoms with Gasteiger partial charge in [-0.25, -0.2) is 4.39 Å². The lowest BCUT2D eigenvalue weighted by Gasteiger charge is -2.36. The highest BCUT2D eigenvalue weighted by Crippen LogP contribution is 2.29. The van der Waals surface area contributed by atoms with Crippen molar-refractivity contribution in [2.45, 2.75) is 24.2 Å². The molecule has 0 unspecified atom stereocenters. The topological polar surface area (TPSA) is 22.3 Å². The minimum absolute atomic E-state index is 0.158. The number of thioether (sulfide) groups is 1. The number of rotatable bonds is 7. The first-order valence-corrected chi connectivity index (χ1v) is 11.3. The fourth-order valence-electron chi connectivity index (χ4n) is 4.11. The van der Waals surface area contributed by atoms with Gasteiger partial charge in [0.05, 0.1) is 5.69 Å². The molecule has 148 valence electrons. The predicted molar refractivity (Wildman–Crippen MR) is 118 cm³/mol. The molecule has 1 aliphatic rings. The maximum atomic E-state index is 13.5. The molecule has 2 heterocycles. The van der Waals surface area contributed by atoms with E-state index in [1.54, 1.807) is 6.07 Å². The number of H-pyrrole nitrogens is 1. The molecular formula is C23H28FN3S. The van der Waals surface area contributed by atoms with Crippen LogP contribution in [0.5, 0.6) is 0 Å². The Hall–Kier alpha value is -1.98. The Bertz CT molecular complexity index is 915. The minimum atomic E-state index is -0.158. The highest BCUT2D eigenvalue weighted by Gasteiger charge is 2.18. The van der Waals surface area contributed by atoms with Crippen LogP contribution in [0.4, 0.5) is 10.1 Å². The van der Waals surface area contributed by atoms with Crippen molar-refractivity contribution in [3.63, 3.8) is 0 Å². The molecule has 0 aliphatic carbocycles. The van der Waals surface area contributed by atoms with Gasteiger partial charge in [0.15, 0.2) is 0 Å². The van der Waals surface area contributed by atoms with Crippen LogP contribution in [-0.2, 0) is 6.42 Å². The molecule has 3 aromatic rings. The molecule has 1 saturated heterocycles. The van der Waals surface area contributed by atoms with Gasteiger partial charge in [0, 0.05) is 48.2 Å². The molecule has 1 fully saturated rings. The summed E-state index contributed by atoms with van der Waals surface area (Å²) in [5, 5.41) is 1.03. The number of hydrogen-bond donors (Lipinski definition) is 1. The lowest BCUT2D eigenvalue weighted by atomic mass is 10.1. The molecule has 1 aromatic heterocycles. The quantitative estimate of drug-likeness (QED) is 0.439. The fourth-order valence-corrected chi connectivity index (χ4v) is 4.73. The number of halogens is 1. The number of unbranched alkanes of at least 4 members (excludes halogenated alkanes) is 1. The van der Waals surface area contributed by atoms with E-state index in [9.17, 15) is 4.39 Å². The number of aryl methyl sites for hydroxylation is 1. The molecule has 5 heteroatoms. The van der Waals surface area contributed by atoms with E-state index in [2.05, 4.69) is 45.3 Å². The van der Waals surface area contributed by atoms with Gasteiger partial charge >= 0.3 is 0 Å². The van der Waals surface area contributed by atoms with Crippen molar-refractivity contribution in [3.05, 3.63) is 60.0 Å². The van der Waals surface area contributed by atoms with E-state index in [-0.39, 0.29) is 5.82 Å². The molecule has 1 aliphatic heterocycles. The summed E-state index contributed by atoms with van der Waals surface area (Å²) in [5.41, 5.74) is 3.63. The number of aromatic nitrogens is 1. The number of nitrogens with one attached hydrogen (secondary N) is 1. The molecule has 1 N–H and O–H groups in total. The van der Waals surface area contributed by atoms with Crippen LogP contribution in [-0.4, -0.2) is 48.9 Å². The Morgan fingerprint density at radius 1 is 1.04 bits per heavy atom. The van der Waals surface area contributed by atoms with E-state index in [0.29, 0.717) is 0 Å². The van der Waals surface area contributed by atoms with Crippen LogP contribution in [0, 0.1) is 5.82 Å².